The summed E-state index contributed by atoms with van der Waals surface area (Å²) in [5.41, 5.74) is 5.48. The molecule has 0 aliphatic heterocycles. The molecule has 1 fully saturated rings. The molecule has 0 aromatic carbocycles. The first kappa shape index (κ1) is 15.4. The highest BCUT2D eigenvalue weighted by Gasteiger charge is 2.37. The number of thiocarbonyl (C=S) groups is 1. The molecule has 18 heavy (non-hydrogen) atoms. The molecule has 3 nitrogen and oxygen atoms in total. The third kappa shape index (κ3) is 3.67. The third-order valence-corrected chi connectivity index (χ3v) is 4.52. The average Bonchev–Trinajstić information content (AvgIpc) is 2.35. The molecule has 1 amide bonds. The van der Waals surface area contributed by atoms with Gasteiger partial charge in [0.25, 0.3) is 0 Å². The van der Waals surface area contributed by atoms with Crippen LogP contribution in [-0.2, 0) is 4.79 Å². The lowest BCUT2D eigenvalue weighted by Gasteiger charge is -2.37. The Hall–Kier alpha value is -0.640. The molecular weight excluding hydrogens is 244 g/mol. The van der Waals surface area contributed by atoms with E-state index in [9.17, 15) is 4.79 Å². The van der Waals surface area contributed by atoms with E-state index in [1.807, 2.05) is 18.7 Å². The third-order valence-electron chi connectivity index (χ3n) is 4.12. The monoisotopic (exact) mass is 270 g/mol. The molecule has 0 spiro atoms. The van der Waals surface area contributed by atoms with Crippen molar-refractivity contribution in [1.82, 2.24) is 4.90 Å². The number of amides is 1. The van der Waals surface area contributed by atoms with Crippen LogP contribution in [0.1, 0.15) is 52.9 Å². The lowest BCUT2D eigenvalue weighted by atomic mass is 9.74. The van der Waals surface area contributed by atoms with Gasteiger partial charge in [0.05, 0.1) is 4.99 Å². The Labute approximate surface area is 116 Å². The smallest absolute Gasteiger partial charge is 0.228 e. The largest absolute Gasteiger partial charge is 0.393 e. The predicted molar refractivity (Wildman–Crippen MR) is 79.4 cm³/mol. The fourth-order valence-electron chi connectivity index (χ4n) is 2.70. The van der Waals surface area contributed by atoms with Crippen LogP contribution in [0.5, 0.6) is 0 Å². The van der Waals surface area contributed by atoms with Crippen LogP contribution < -0.4 is 5.73 Å². The van der Waals surface area contributed by atoms with Crippen LogP contribution in [0.25, 0.3) is 0 Å². The van der Waals surface area contributed by atoms with Gasteiger partial charge in [-0.2, -0.15) is 0 Å². The Morgan fingerprint density at radius 1 is 1.39 bits per heavy atom. The molecule has 1 unspecified atom stereocenters. The van der Waals surface area contributed by atoms with Gasteiger partial charge in [0.2, 0.25) is 5.91 Å². The van der Waals surface area contributed by atoms with Crippen LogP contribution >= 0.6 is 12.2 Å². The van der Waals surface area contributed by atoms with Gasteiger partial charge in [-0.25, -0.2) is 0 Å². The fourth-order valence-corrected chi connectivity index (χ4v) is 2.78. The molecule has 0 aromatic heterocycles. The highest BCUT2D eigenvalue weighted by Crippen LogP contribution is 2.37. The van der Waals surface area contributed by atoms with Gasteiger partial charge in [-0.15, -0.1) is 0 Å². The van der Waals surface area contributed by atoms with E-state index in [1.165, 1.54) is 19.3 Å². The lowest BCUT2D eigenvalue weighted by molar-refractivity contribution is -0.143. The van der Waals surface area contributed by atoms with Crippen LogP contribution in [0.4, 0.5) is 0 Å². The minimum absolute atomic E-state index is 0.0936. The molecule has 1 aliphatic carbocycles. The SMILES string of the molecule is CCN(CC(C)C(N)=S)C(=O)C1(C)CCCCC1. The van der Waals surface area contributed by atoms with E-state index >= 15 is 0 Å². The van der Waals surface area contributed by atoms with Crippen molar-refractivity contribution in [3.8, 4) is 0 Å². The summed E-state index contributed by atoms with van der Waals surface area (Å²) in [6.07, 6.45) is 5.64. The zero-order chi connectivity index (χ0) is 13.8. The number of nitrogens with zero attached hydrogens (tertiary/aromatic N) is 1. The summed E-state index contributed by atoms with van der Waals surface area (Å²) in [7, 11) is 0. The van der Waals surface area contributed by atoms with Crippen LogP contribution in [-0.4, -0.2) is 28.9 Å². The number of carbonyl (C=O) groups is 1. The van der Waals surface area contributed by atoms with Crippen LogP contribution in [0.3, 0.4) is 0 Å². The Kier molecular flexibility index (Phi) is 5.57. The normalized spacial score (nSPS) is 20.2. The molecule has 2 N–H and O–H groups in total. The average molecular weight is 270 g/mol. The molecule has 0 saturated heterocycles. The van der Waals surface area contributed by atoms with E-state index in [-0.39, 0.29) is 17.2 Å². The maximum atomic E-state index is 12.7. The van der Waals surface area contributed by atoms with Gasteiger partial charge in [-0.1, -0.05) is 45.3 Å². The Morgan fingerprint density at radius 3 is 2.39 bits per heavy atom. The van der Waals surface area contributed by atoms with Crippen molar-refractivity contribution < 1.29 is 4.79 Å². The van der Waals surface area contributed by atoms with Crippen molar-refractivity contribution in [1.29, 1.82) is 0 Å². The molecule has 0 bridgehead atoms. The number of carbonyl (C=O) groups excluding carboxylic acids is 1. The first-order chi connectivity index (χ1) is 8.40. The number of hydrogen-bond acceptors (Lipinski definition) is 2. The molecule has 1 aliphatic rings. The lowest BCUT2D eigenvalue weighted by Crippen LogP contribution is -2.46. The molecule has 4 heteroatoms. The minimum atomic E-state index is -0.163. The maximum Gasteiger partial charge on any atom is 0.228 e. The van der Waals surface area contributed by atoms with E-state index in [2.05, 4.69) is 6.92 Å². The fraction of sp³-hybridized carbons (Fsp3) is 0.857. The van der Waals surface area contributed by atoms with Gasteiger partial charge in [-0.3, -0.25) is 4.79 Å². The van der Waals surface area contributed by atoms with E-state index in [0.717, 1.165) is 19.4 Å². The van der Waals surface area contributed by atoms with Gasteiger partial charge in [0, 0.05) is 24.4 Å². The topological polar surface area (TPSA) is 46.3 Å². The highest BCUT2D eigenvalue weighted by atomic mass is 32.1. The molecule has 0 aromatic rings. The minimum Gasteiger partial charge on any atom is -0.393 e. The van der Waals surface area contributed by atoms with Gasteiger partial charge in [0.1, 0.15) is 0 Å². The summed E-state index contributed by atoms with van der Waals surface area (Å²) in [5.74, 6) is 0.379. The Bertz CT molecular complexity index is 311. The van der Waals surface area contributed by atoms with Crippen LogP contribution in [0.15, 0.2) is 0 Å². The summed E-state index contributed by atoms with van der Waals surface area (Å²) in [6.45, 7) is 7.52. The van der Waals surface area contributed by atoms with Crippen molar-refractivity contribution in [2.45, 2.75) is 52.9 Å². The Balaban J connectivity index is 2.69. The highest BCUT2D eigenvalue weighted by molar-refractivity contribution is 7.80. The summed E-state index contributed by atoms with van der Waals surface area (Å²) < 4.78 is 0. The van der Waals surface area contributed by atoms with Crippen molar-refractivity contribution in [3.05, 3.63) is 0 Å². The van der Waals surface area contributed by atoms with Crippen molar-refractivity contribution >= 4 is 23.1 Å². The molecule has 104 valence electrons. The summed E-state index contributed by atoms with van der Waals surface area (Å²) in [6, 6.07) is 0. The van der Waals surface area contributed by atoms with E-state index < -0.39 is 0 Å². The van der Waals surface area contributed by atoms with E-state index in [0.29, 0.717) is 11.5 Å². The Morgan fingerprint density at radius 2 is 1.94 bits per heavy atom. The van der Waals surface area contributed by atoms with Gasteiger partial charge in [-0.05, 0) is 19.8 Å². The quantitative estimate of drug-likeness (QED) is 0.781. The van der Waals surface area contributed by atoms with Gasteiger partial charge in [0.15, 0.2) is 0 Å². The summed E-state index contributed by atoms with van der Waals surface area (Å²) >= 11 is 5.00. The first-order valence-electron chi connectivity index (χ1n) is 6.99. The van der Waals surface area contributed by atoms with E-state index in [4.69, 9.17) is 18.0 Å². The summed E-state index contributed by atoms with van der Waals surface area (Å²) in [4.78, 5) is 15.1. The molecule has 0 radical (unpaired) electrons. The van der Waals surface area contributed by atoms with Crippen LogP contribution in [0, 0.1) is 11.3 Å². The van der Waals surface area contributed by atoms with Gasteiger partial charge < -0.3 is 10.6 Å². The molecule has 1 rings (SSSR count). The molecule has 1 atom stereocenters. The predicted octanol–water partition coefficient (Wildman–Crippen LogP) is 2.73. The zero-order valence-corrected chi connectivity index (χ0v) is 12.7. The molecule has 1 saturated carbocycles. The van der Waals surface area contributed by atoms with Crippen molar-refractivity contribution in [2.75, 3.05) is 13.1 Å². The first-order valence-corrected chi connectivity index (χ1v) is 7.40. The standard InChI is InChI=1S/C14H26N2OS/c1-4-16(10-11(2)12(15)18)13(17)14(3)8-6-5-7-9-14/h11H,4-10H2,1-3H3,(H2,15,18). The number of nitrogens with two attached hydrogens (primary N) is 1. The maximum absolute atomic E-state index is 12.7. The molecule has 0 heterocycles. The molecular formula is C14H26N2OS. The second-order valence-corrected chi connectivity index (χ2v) is 6.24. The van der Waals surface area contributed by atoms with E-state index in [1.54, 1.807) is 0 Å². The van der Waals surface area contributed by atoms with Crippen molar-refractivity contribution in [2.24, 2.45) is 17.1 Å². The van der Waals surface area contributed by atoms with Crippen molar-refractivity contribution in [3.63, 3.8) is 0 Å². The zero-order valence-electron chi connectivity index (χ0n) is 11.9. The number of rotatable bonds is 5. The van der Waals surface area contributed by atoms with Crippen LogP contribution in [0.2, 0.25) is 0 Å². The second kappa shape index (κ2) is 6.50. The van der Waals surface area contributed by atoms with Gasteiger partial charge >= 0.3 is 0 Å². The number of hydrogen-bond donors (Lipinski definition) is 1. The summed E-state index contributed by atoms with van der Waals surface area (Å²) in [5, 5.41) is 0. The second-order valence-electron chi connectivity index (χ2n) is 5.77.